The number of aliphatic hydroxyl groups is 1. The van der Waals surface area contributed by atoms with Crippen LogP contribution in [0.3, 0.4) is 0 Å². The van der Waals surface area contributed by atoms with Gasteiger partial charge in [-0.1, -0.05) is 18.2 Å². The van der Waals surface area contributed by atoms with Crippen molar-refractivity contribution in [3.63, 3.8) is 0 Å². The Morgan fingerprint density at radius 1 is 1.35 bits per heavy atom. The molecule has 20 heavy (non-hydrogen) atoms. The third kappa shape index (κ3) is 2.43. The van der Waals surface area contributed by atoms with Crippen LogP contribution < -0.4 is 10.9 Å². The molecule has 1 aromatic carbocycles. The Balaban J connectivity index is 1.88. The Hall–Kier alpha value is -1.81. The number of aliphatic hydroxyl groups excluding tert-OH is 1. The molecule has 4 heteroatoms. The normalized spacial score (nSPS) is 22.3. The molecule has 1 aliphatic carbocycles. The first kappa shape index (κ1) is 13.2. The van der Waals surface area contributed by atoms with Crippen LogP contribution in [0.15, 0.2) is 35.1 Å². The molecule has 2 unspecified atom stereocenters. The summed E-state index contributed by atoms with van der Waals surface area (Å²) in [4.78, 5) is 12.0. The first-order chi connectivity index (χ1) is 9.65. The number of nitrogens with zero attached hydrogens (tertiary/aromatic N) is 1. The van der Waals surface area contributed by atoms with Crippen molar-refractivity contribution >= 4 is 16.6 Å². The predicted octanol–water partition coefficient (Wildman–Crippen LogP) is 2.11. The summed E-state index contributed by atoms with van der Waals surface area (Å²) in [6.45, 7) is 0.814. The van der Waals surface area contributed by atoms with Gasteiger partial charge in [-0.3, -0.25) is 4.79 Å². The zero-order chi connectivity index (χ0) is 14.1. The third-order valence-electron chi connectivity index (χ3n) is 4.25. The van der Waals surface area contributed by atoms with Gasteiger partial charge in [0, 0.05) is 30.7 Å². The highest BCUT2D eigenvalue weighted by atomic mass is 16.3. The number of nitrogens with one attached hydrogen (secondary N) is 1. The third-order valence-corrected chi connectivity index (χ3v) is 4.25. The Kier molecular flexibility index (Phi) is 3.49. The zero-order valence-electron chi connectivity index (χ0n) is 11.7. The zero-order valence-corrected chi connectivity index (χ0v) is 11.7. The van der Waals surface area contributed by atoms with E-state index in [0.29, 0.717) is 5.92 Å². The second-order valence-electron chi connectivity index (χ2n) is 5.69. The van der Waals surface area contributed by atoms with Crippen molar-refractivity contribution in [1.82, 2.24) is 4.57 Å². The van der Waals surface area contributed by atoms with Gasteiger partial charge in [0.25, 0.3) is 5.56 Å². The van der Waals surface area contributed by atoms with Gasteiger partial charge in [0.1, 0.15) is 0 Å². The standard InChI is InChI=1S/C16H20N2O2/c1-18-15-5-3-2-4-13(15)14(9-16(18)20)17-10-11-6-7-12(19)8-11/h2-5,9,11-12,17,19H,6-8,10H2,1H3. The molecular formula is C16H20N2O2. The molecule has 2 N–H and O–H groups in total. The van der Waals surface area contributed by atoms with E-state index in [-0.39, 0.29) is 11.7 Å². The lowest BCUT2D eigenvalue weighted by Gasteiger charge is -2.15. The molecule has 0 bridgehead atoms. The largest absolute Gasteiger partial charge is 0.393 e. The van der Waals surface area contributed by atoms with E-state index in [1.807, 2.05) is 24.3 Å². The highest BCUT2D eigenvalue weighted by Gasteiger charge is 2.22. The number of hydrogen-bond acceptors (Lipinski definition) is 3. The first-order valence-corrected chi connectivity index (χ1v) is 7.16. The van der Waals surface area contributed by atoms with Crippen molar-refractivity contribution in [2.24, 2.45) is 13.0 Å². The molecule has 0 amide bonds. The van der Waals surface area contributed by atoms with Crippen LogP contribution in [0.5, 0.6) is 0 Å². The smallest absolute Gasteiger partial charge is 0.252 e. The van der Waals surface area contributed by atoms with Crippen molar-refractivity contribution in [1.29, 1.82) is 0 Å². The maximum Gasteiger partial charge on any atom is 0.252 e. The maximum absolute atomic E-state index is 12.0. The van der Waals surface area contributed by atoms with Gasteiger partial charge >= 0.3 is 0 Å². The van der Waals surface area contributed by atoms with E-state index in [9.17, 15) is 9.90 Å². The van der Waals surface area contributed by atoms with E-state index in [2.05, 4.69) is 5.32 Å². The second kappa shape index (κ2) is 5.29. The minimum Gasteiger partial charge on any atom is -0.393 e. The monoisotopic (exact) mass is 272 g/mol. The van der Waals surface area contributed by atoms with E-state index in [1.165, 1.54) is 0 Å². The van der Waals surface area contributed by atoms with E-state index < -0.39 is 0 Å². The second-order valence-corrected chi connectivity index (χ2v) is 5.69. The summed E-state index contributed by atoms with van der Waals surface area (Å²) in [5.41, 5.74) is 1.83. The molecule has 1 saturated carbocycles. The van der Waals surface area contributed by atoms with Crippen LogP contribution in [-0.2, 0) is 7.05 Å². The lowest BCUT2D eigenvalue weighted by atomic mass is 10.1. The van der Waals surface area contributed by atoms with Crippen molar-refractivity contribution in [2.45, 2.75) is 25.4 Å². The van der Waals surface area contributed by atoms with Gasteiger partial charge in [-0.25, -0.2) is 0 Å². The van der Waals surface area contributed by atoms with Crippen LogP contribution in [0.4, 0.5) is 5.69 Å². The van der Waals surface area contributed by atoms with Crippen LogP contribution in [-0.4, -0.2) is 22.3 Å². The molecule has 1 aliphatic rings. The van der Waals surface area contributed by atoms with Crippen molar-refractivity contribution in [3.8, 4) is 0 Å². The van der Waals surface area contributed by atoms with Gasteiger partial charge in [-0.15, -0.1) is 0 Å². The molecule has 0 radical (unpaired) electrons. The highest BCUT2D eigenvalue weighted by Crippen LogP contribution is 2.27. The van der Waals surface area contributed by atoms with E-state index in [0.717, 1.165) is 42.4 Å². The number of para-hydroxylation sites is 1. The van der Waals surface area contributed by atoms with Gasteiger partial charge in [0.05, 0.1) is 11.6 Å². The number of rotatable bonds is 3. The Morgan fingerprint density at radius 3 is 2.90 bits per heavy atom. The molecule has 0 spiro atoms. The molecule has 0 saturated heterocycles. The summed E-state index contributed by atoms with van der Waals surface area (Å²) in [7, 11) is 1.79. The quantitative estimate of drug-likeness (QED) is 0.900. The first-order valence-electron chi connectivity index (χ1n) is 7.16. The molecule has 3 rings (SSSR count). The van der Waals surface area contributed by atoms with Crippen molar-refractivity contribution in [3.05, 3.63) is 40.7 Å². The van der Waals surface area contributed by atoms with E-state index in [4.69, 9.17) is 0 Å². The summed E-state index contributed by atoms with van der Waals surface area (Å²) in [6, 6.07) is 9.58. The lowest BCUT2D eigenvalue weighted by molar-refractivity contribution is 0.178. The van der Waals surface area contributed by atoms with Gasteiger partial charge in [-0.05, 0) is 31.2 Å². The molecule has 1 aromatic heterocycles. The fourth-order valence-corrected chi connectivity index (χ4v) is 3.05. The van der Waals surface area contributed by atoms with Gasteiger partial charge < -0.3 is 15.0 Å². The topological polar surface area (TPSA) is 54.3 Å². The molecule has 1 heterocycles. The fraction of sp³-hybridized carbons (Fsp3) is 0.438. The highest BCUT2D eigenvalue weighted by molar-refractivity contribution is 5.91. The Bertz CT molecular complexity index is 678. The average Bonchev–Trinajstić information content (AvgIpc) is 2.87. The number of aromatic nitrogens is 1. The van der Waals surface area contributed by atoms with Crippen molar-refractivity contribution < 1.29 is 5.11 Å². The SMILES string of the molecule is Cn1c(=O)cc(NCC2CCC(O)C2)c2ccccc21. The lowest BCUT2D eigenvalue weighted by Crippen LogP contribution is -2.19. The summed E-state index contributed by atoms with van der Waals surface area (Å²) in [6.07, 6.45) is 2.65. The number of anilines is 1. The average molecular weight is 272 g/mol. The summed E-state index contributed by atoms with van der Waals surface area (Å²) in [5.74, 6) is 0.493. The predicted molar refractivity (Wildman–Crippen MR) is 81.0 cm³/mol. The van der Waals surface area contributed by atoms with Crippen LogP contribution in [0.1, 0.15) is 19.3 Å². The molecule has 106 valence electrons. The Morgan fingerprint density at radius 2 is 2.15 bits per heavy atom. The van der Waals surface area contributed by atoms with Crippen molar-refractivity contribution in [2.75, 3.05) is 11.9 Å². The molecule has 4 nitrogen and oxygen atoms in total. The van der Waals surface area contributed by atoms with Gasteiger partial charge in [-0.2, -0.15) is 0 Å². The van der Waals surface area contributed by atoms with Crippen LogP contribution in [0, 0.1) is 5.92 Å². The maximum atomic E-state index is 12.0. The number of pyridine rings is 1. The van der Waals surface area contributed by atoms with E-state index in [1.54, 1.807) is 17.7 Å². The van der Waals surface area contributed by atoms with Gasteiger partial charge in [0.2, 0.25) is 0 Å². The number of aryl methyl sites for hydroxylation is 1. The molecule has 0 aliphatic heterocycles. The number of hydrogen-bond donors (Lipinski definition) is 2. The molecular weight excluding hydrogens is 252 g/mol. The molecule has 2 atom stereocenters. The summed E-state index contributed by atoms with van der Waals surface area (Å²) < 4.78 is 1.67. The summed E-state index contributed by atoms with van der Waals surface area (Å²) >= 11 is 0. The van der Waals surface area contributed by atoms with Gasteiger partial charge in [0.15, 0.2) is 0 Å². The van der Waals surface area contributed by atoms with E-state index >= 15 is 0 Å². The number of fused-ring (bicyclic) bond motifs is 1. The molecule has 1 fully saturated rings. The Labute approximate surface area is 118 Å². The minimum absolute atomic E-state index is 0.00217. The molecule has 2 aromatic rings. The fourth-order valence-electron chi connectivity index (χ4n) is 3.05. The van der Waals surface area contributed by atoms with Crippen LogP contribution in [0.25, 0.3) is 10.9 Å². The van der Waals surface area contributed by atoms with Crippen LogP contribution in [0.2, 0.25) is 0 Å². The minimum atomic E-state index is -0.151. The number of benzene rings is 1. The summed E-state index contributed by atoms with van der Waals surface area (Å²) in [5, 5.41) is 14.0. The van der Waals surface area contributed by atoms with Crippen LogP contribution >= 0.6 is 0 Å².